The summed E-state index contributed by atoms with van der Waals surface area (Å²) in [6.45, 7) is 8.07. The molecule has 10 nitrogen and oxygen atoms in total. The number of hydrogen-bond donors (Lipinski definition) is 2. The van der Waals surface area contributed by atoms with E-state index >= 15 is 0 Å². The van der Waals surface area contributed by atoms with Gasteiger partial charge in [0, 0.05) is 38.0 Å². The van der Waals surface area contributed by atoms with Gasteiger partial charge in [0.05, 0.1) is 20.8 Å². The molecule has 216 valence electrons. The van der Waals surface area contributed by atoms with Gasteiger partial charge in [-0.25, -0.2) is 9.59 Å². The van der Waals surface area contributed by atoms with E-state index in [1.165, 1.54) is 7.11 Å². The molecule has 0 saturated heterocycles. The summed E-state index contributed by atoms with van der Waals surface area (Å²) >= 11 is 0. The molecule has 2 N–H and O–H groups in total. The lowest BCUT2D eigenvalue weighted by atomic mass is 10.0. The number of nitrogens with one attached hydrogen (secondary N) is 1. The Morgan fingerprint density at radius 2 is 1.53 bits per heavy atom. The predicted octanol–water partition coefficient (Wildman–Crippen LogP) is 5.29. The Morgan fingerprint density at radius 3 is 2.11 bits per heavy atom. The van der Waals surface area contributed by atoms with Crippen molar-refractivity contribution in [2.45, 2.75) is 65.3 Å². The van der Waals surface area contributed by atoms with Crippen LogP contribution in [-0.4, -0.2) is 73.2 Å². The lowest BCUT2D eigenvalue weighted by Gasteiger charge is -2.28. The Balaban J connectivity index is 2.30. The summed E-state index contributed by atoms with van der Waals surface area (Å²) in [4.78, 5) is 23.6. The van der Waals surface area contributed by atoms with Crippen LogP contribution in [0.3, 0.4) is 0 Å². The summed E-state index contributed by atoms with van der Waals surface area (Å²) in [6, 6.07) is 5.92. The Labute approximate surface area is 228 Å². The van der Waals surface area contributed by atoms with Gasteiger partial charge in [0.15, 0.2) is 11.5 Å². The van der Waals surface area contributed by atoms with Crippen LogP contribution in [-0.2, 0) is 22.8 Å². The molecular formula is C27H45NO9Si. The number of carboxylic acid groups (broad SMARTS) is 1. The van der Waals surface area contributed by atoms with Crippen molar-refractivity contribution < 1.29 is 42.2 Å². The quantitative estimate of drug-likeness (QED) is 0.118. The van der Waals surface area contributed by atoms with Crippen molar-refractivity contribution in [3.63, 3.8) is 0 Å². The number of unbranched alkanes of at least 4 members (excludes halogenated alkanes) is 3. The third-order valence-electron chi connectivity index (χ3n) is 5.62. The number of hydrogen-bond acceptors (Lipinski definition) is 8. The molecule has 0 fully saturated rings. The molecular weight excluding hydrogens is 510 g/mol. The molecule has 1 aromatic rings. The second kappa shape index (κ2) is 19.5. The minimum Gasteiger partial charge on any atom is -0.493 e. The van der Waals surface area contributed by atoms with Gasteiger partial charge in [-0.15, -0.1) is 0 Å². The smallest absolute Gasteiger partial charge is 0.493 e. The fraction of sp³-hybridized carbons (Fsp3) is 0.630. The zero-order chi connectivity index (χ0) is 28.2. The van der Waals surface area contributed by atoms with Gasteiger partial charge in [0.25, 0.3) is 0 Å². The molecule has 0 aliphatic heterocycles. The summed E-state index contributed by atoms with van der Waals surface area (Å²) in [5.41, 5.74) is 1.07. The van der Waals surface area contributed by atoms with E-state index in [0.29, 0.717) is 75.4 Å². The summed E-state index contributed by atoms with van der Waals surface area (Å²) in [6.07, 6.45) is 5.43. The highest BCUT2D eigenvalue weighted by Gasteiger charge is 2.39. The highest BCUT2D eigenvalue weighted by molar-refractivity contribution is 6.60. The van der Waals surface area contributed by atoms with Gasteiger partial charge in [0.1, 0.15) is 0 Å². The van der Waals surface area contributed by atoms with Crippen molar-refractivity contribution in [3.05, 3.63) is 29.3 Å². The number of methoxy groups -OCH3 is 2. The van der Waals surface area contributed by atoms with Gasteiger partial charge in [-0.05, 0) is 70.2 Å². The van der Waals surface area contributed by atoms with Gasteiger partial charge in [-0.1, -0.05) is 18.9 Å². The van der Waals surface area contributed by atoms with Crippen LogP contribution in [0.2, 0.25) is 6.04 Å². The topological polar surface area (TPSA) is 122 Å². The Hall–Kier alpha value is -2.60. The SMILES string of the molecule is CCO[Si](CCCNC(=O)OCCCCCC/C(=C\c1ccc(OC)c(OC)c1)C(=O)O)(OCC)OCC. The second-order valence-corrected chi connectivity index (χ2v) is 11.1. The lowest BCUT2D eigenvalue weighted by Crippen LogP contribution is -2.46. The normalized spacial score (nSPS) is 11.8. The van der Waals surface area contributed by atoms with Gasteiger partial charge in [-0.2, -0.15) is 0 Å². The molecule has 0 saturated carbocycles. The van der Waals surface area contributed by atoms with E-state index in [4.69, 9.17) is 27.5 Å². The third kappa shape index (κ3) is 12.8. The van der Waals surface area contributed by atoms with E-state index in [2.05, 4.69) is 5.32 Å². The molecule has 0 atom stereocenters. The molecule has 1 rings (SSSR count). The van der Waals surface area contributed by atoms with Crippen LogP contribution in [0.1, 0.15) is 64.9 Å². The van der Waals surface area contributed by atoms with Gasteiger partial charge < -0.3 is 37.9 Å². The Kier molecular flexibility index (Phi) is 17.1. The largest absolute Gasteiger partial charge is 0.500 e. The molecule has 11 heteroatoms. The Morgan fingerprint density at radius 1 is 0.895 bits per heavy atom. The van der Waals surface area contributed by atoms with Crippen LogP contribution in [0.25, 0.3) is 6.08 Å². The molecule has 0 aromatic heterocycles. The number of carbonyl (C=O) groups excluding carboxylic acids is 1. The van der Waals surface area contributed by atoms with Crippen LogP contribution >= 0.6 is 0 Å². The predicted molar refractivity (Wildman–Crippen MR) is 148 cm³/mol. The maximum Gasteiger partial charge on any atom is 0.500 e. The summed E-state index contributed by atoms with van der Waals surface area (Å²) in [5.74, 6) is 0.195. The second-order valence-electron chi connectivity index (χ2n) is 8.40. The first kappa shape index (κ1) is 33.4. The average Bonchev–Trinajstić information content (AvgIpc) is 2.90. The van der Waals surface area contributed by atoms with Crippen molar-refractivity contribution in [2.75, 3.05) is 47.2 Å². The zero-order valence-corrected chi connectivity index (χ0v) is 24.5. The standard InChI is InChI=1S/C27H45NO9Si/c1-6-35-38(36-7-2,37-8-3)19-13-17-28-27(31)34-18-12-10-9-11-14-23(26(29)30)20-22-15-16-24(32-4)25(21-22)33-5/h15-16,20-21H,6-14,17-19H2,1-5H3,(H,28,31)(H,29,30)/b23-20+. The van der Waals surface area contributed by atoms with E-state index in [1.54, 1.807) is 31.4 Å². The van der Waals surface area contributed by atoms with Crippen LogP contribution in [0.4, 0.5) is 4.79 Å². The fourth-order valence-electron chi connectivity index (χ4n) is 3.87. The van der Waals surface area contributed by atoms with E-state index in [-0.39, 0.29) is 0 Å². The molecule has 1 amide bonds. The number of carboxylic acids is 1. The molecule has 38 heavy (non-hydrogen) atoms. The molecule has 0 bridgehead atoms. The number of alkyl carbamates (subject to hydrolysis) is 1. The van der Waals surface area contributed by atoms with Crippen molar-refractivity contribution in [3.8, 4) is 11.5 Å². The maximum atomic E-state index is 12.0. The lowest BCUT2D eigenvalue weighted by molar-refractivity contribution is -0.132. The molecule has 0 aliphatic carbocycles. The van der Waals surface area contributed by atoms with Crippen LogP contribution < -0.4 is 14.8 Å². The maximum absolute atomic E-state index is 12.0. The number of ether oxygens (including phenoxy) is 3. The van der Waals surface area contributed by atoms with Crippen molar-refractivity contribution in [2.24, 2.45) is 0 Å². The van der Waals surface area contributed by atoms with E-state index in [1.807, 2.05) is 20.8 Å². The molecule has 0 radical (unpaired) electrons. The van der Waals surface area contributed by atoms with Crippen molar-refractivity contribution in [1.29, 1.82) is 0 Å². The molecule has 0 aliphatic rings. The van der Waals surface area contributed by atoms with E-state index in [0.717, 1.165) is 24.8 Å². The number of carbonyl (C=O) groups is 2. The summed E-state index contributed by atoms with van der Waals surface area (Å²) in [5, 5.41) is 12.3. The third-order valence-corrected chi connectivity index (χ3v) is 8.77. The fourth-order valence-corrected chi connectivity index (χ4v) is 6.48. The minimum absolute atomic E-state index is 0.314. The molecule has 0 spiro atoms. The number of aliphatic carboxylic acids is 1. The molecule has 1 aromatic carbocycles. The average molecular weight is 556 g/mol. The Bertz CT molecular complexity index is 846. The van der Waals surface area contributed by atoms with Gasteiger partial charge in [0.2, 0.25) is 0 Å². The first-order valence-corrected chi connectivity index (χ1v) is 15.3. The minimum atomic E-state index is -2.70. The van der Waals surface area contributed by atoms with E-state index in [9.17, 15) is 14.7 Å². The summed E-state index contributed by atoms with van der Waals surface area (Å²) in [7, 11) is 0.391. The molecule has 0 heterocycles. The first-order chi connectivity index (χ1) is 18.3. The van der Waals surface area contributed by atoms with Gasteiger partial charge in [-0.3, -0.25) is 0 Å². The highest BCUT2D eigenvalue weighted by atomic mass is 28.4. The summed E-state index contributed by atoms with van der Waals surface area (Å²) < 4.78 is 33.2. The van der Waals surface area contributed by atoms with Crippen LogP contribution in [0.5, 0.6) is 11.5 Å². The van der Waals surface area contributed by atoms with E-state index < -0.39 is 20.9 Å². The highest BCUT2D eigenvalue weighted by Crippen LogP contribution is 2.29. The van der Waals surface area contributed by atoms with Crippen LogP contribution in [0.15, 0.2) is 23.8 Å². The number of amides is 1. The monoisotopic (exact) mass is 555 g/mol. The number of rotatable bonds is 21. The van der Waals surface area contributed by atoms with Crippen molar-refractivity contribution >= 4 is 26.9 Å². The van der Waals surface area contributed by atoms with Crippen LogP contribution in [0, 0.1) is 0 Å². The first-order valence-electron chi connectivity index (χ1n) is 13.3. The number of benzene rings is 1. The zero-order valence-electron chi connectivity index (χ0n) is 23.5. The molecule has 0 unspecified atom stereocenters. The van der Waals surface area contributed by atoms with Gasteiger partial charge >= 0.3 is 20.9 Å². The van der Waals surface area contributed by atoms with Crippen molar-refractivity contribution in [1.82, 2.24) is 5.32 Å².